The van der Waals surface area contributed by atoms with Gasteiger partial charge in [0.15, 0.2) is 0 Å². The molecule has 3 nitrogen and oxygen atoms in total. The molecular weight excluding hydrogens is 246 g/mol. The minimum absolute atomic E-state index is 0.309. The number of carboxylic acid groups (broad SMARTS) is 1. The van der Waals surface area contributed by atoms with Gasteiger partial charge in [-0.15, -0.1) is 0 Å². The maximum atomic E-state index is 10.9. The number of benzene rings is 1. The van der Waals surface area contributed by atoms with E-state index in [1.807, 2.05) is 6.07 Å². The van der Waals surface area contributed by atoms with E-state index in [4.69, 9.17) is 5.11 Å². The third kappa shape index (κ3) is 1.55. The first-order valence-electron chi connectivity index (χ1n) is 4.45. The molecule has 0 radical (unpaired) electrons. The molecule has 2 N–H and O–H groups in total. The number of hydrogen-bond acceptors (Lipinski definition) is 2. The van der Waals surface area contributed by atoms with Crippen molar-refractivity contribution in [3.05, 3.63) is 33.8 Å². The summed E-state index contributed by atoms with van der Waals surface area (Å²) < 4.78 is 0.699. The molecule has 2 rings (SSSR count). The first kappa shape index (κ1) is 9.68. The van der Waals surface area contributed by atoms with E-state index in [2.05, 4.69) is 21.2 Å². The Labute approximate surface area is 90.3 Å². The molecule has 0 unspecified atom stereocenters. The van der Waals surface area contributed by atoms with Crippen molar-refractivity contribution >= 4 is 21.9 Å². The maximum Gasteiger partial charge on any atom is 0.336 e. The van der Waals surface area contributed by atoms with Crippen molar-refractivity contribution in [3.63, 3.8) is 0 Å². The molecule has 4 heteroatoms. The van der Waals surface area contributed by atoms with Crippen molar-refractivity contribution in [1.29, 1.82) is 0 Å². The zero-order valence-electron chi connectivity index (χ0n) is 7.46. The summed E-state index contributed by atoms with van der Waals surface area (Å²) in [4.78, 5) is 10.9. The first-order valence-corrected chi connectivity index (χ1v) is 5.24. The fraction of sp³-hybridized carbons (Fsp3) is 0.300. The number of rotatable bonds is 2. The Morgan fingerprint density at radius 2 is 2.29 bits per heavy atom. The van der Waals surface area contributed by atoms with Gasteiger partial charge < -0.3 is 10.4 Å². The molecule has 1 aromatic carbocycles. The molecule has 0 saturated carbocycles. The molecular formula is C10H10BrNO2. The summed E-state index contributed by atoms with van der Waals surface area (Å²) in [5.41, 5.74) is 1.37. The second-order valence-corrected chi connectivity index (χ2v) is 4.10. The highest BCUT2D eigenvalue weighted by atomic mass is 79.9. The summed E-state index contributed by atoms with van der Waals surface area (Å²) in [6.07, 6.45) is 1.07. The molecule has 0 spiro atoms. The fourth-order valence-electron chi connectivity index (χ4n) is 1.54. The molecule has 1 saturated heterocycles. The molecule has 1 aliphatic rings. The predicted molar refractivity (Wildman–Crippen MR) is 56.5 cm³/mol. The van der Waals surface area contributed by atoms with Crippen LogP contribution in [0.4, 0.5) is 0 Å². The van der Waals surface area contributed by atoms with E-state index in [9.17, 15) is 4.79 Å². The molecule has 1 aromatic rings. The quantitative estimate of drug-likeness (QED) is 0.852. The van der Waals surface area contributed by atoms with E-state index in [0.717, 1.165) is 18.5 Å². The Kier molecular flexibility index (Phi) is 2.56. The lowest BCUT2D eigenvalue weighted by molar-refractivity contribution is 0.0695. The summed E-state index contributed by atoms with van der Waals surface area (Å²) >= 11 is 3.34. The summed E-state index contributed by atoms with van der Waals surface area (Å²) in [5, 5.41) is 12.2. The lowest BCUT2D eigenvalue weighted by atomic mass is 9.96. The molecule has 14 heavy (non-hydrogen) atoms. The van der Waals surface area contributed by atoms with Gasteiger partial charge in [-0.2, -0.15) is 0 Å². The molecule has 0 bridgehead atoms. The second-order valence-electron chi connectivity index (χ2n) is 3.31. The molecule has 0 amide bonds. The SMILES string of the molecule is O=C(O)c1cccc([C@@H]2CCN2)c1Br. The van der Waals surface area contributed by atoms with E-state index in [1.54, 1.807) is 12.1 Å². The highest BCUT2D eigenvalue weighted by Gasteiger charge is 2.22. The topological polar surface area (TPSA) is 49.3 Å². The molecule has 74 valence electrons. The van der Waals surface area contributed by atoms with Crippen LogP contribution in [-0.4, -0.2) is 17.6 Å². The molecule has 1 atom stereocenters. The standard InChI is InChI=1S/C10H10BrNO2/c11-9-6(8-4-5-12-8)2-1-3-7(9)10(13)14/h1-3,8,12H,4-5H2,(H,13,14)/t8-/m0/s1. The van der Waals surface area contributed by atoms with Crippen LogP contribution >= 0.6 is 15.9 Å². The van der Waals surface area contributed by atoms with Gasteiger partial charge in [0.2, 0.25) is 0 Å². The van der Waals surface area contributed by atoms with E-state index < -0.39 is 5.97 Å². The van der Waals surface area contributed by atoms with Gasteiger partial charge in [0.05, 0.1) is 5.56 Å². The summed E-state index contributed by atoms with van der Waals surface area (Å²) in [5.74, 6) is -0.891. The minimum atomic E-state index is -0.891. The second kappa shape index (κ2) is 3.71. The van der Waals surface area contributed by atoms with Gasteiger partial charge in [-0.3, -0.25) is 0 Å². The number of halogens is 1. The van der Waals surface area contributed by atoms with Crippen LogP contribution in [0.15, 0.2) is 22.7 Å². The Hall–Kier alpha value is -0.870. The van der Waals surface area contributed by atoms with Crippen LogP contribution in [0.25, 0.3) is 0 Å². The number of carboxylic acids is 1. The van der Waals surface area contributed by atoms with Gasteiger partial charge in [0.1, 0.15) is 0 Å². The number of carbonyl (C=O) groups is 1. The van der Waals surface area contributed by atoms with E-state index in [1.165, 1.54) is 0 Å². The van der Waals surface area contributed by atoms with Crippen LogP contribution in [0, 0.1) is 0 Å². The van der Waals surface area contributed by atoms with Crippen LogP contribution in [0.2, 0.25) is 0 Å². The summed E-state index contributed by atoms with van der Waals surface area (Å²) in [7, 11) is 0. The van der Waals surface area contributed by atoms with Crippen LogP contribution in [0.5, 0.6) is 0 Å². The van der Waals surface area contributed by atoms with E-state index in [-0.39, 0.29) is 0 Å². The van der Waals surface area contributed by atoms with Crippen LogP contribution in [0.3, 0.4) is 0 Å². The van der Waals surface area contributed by atoms with Gasteiger partial charge >= 0.3 is 5.97 Å². The Bertz CT molecular complexity index is 374. The van der Waals surface area contributed by atoms with E-state index in [0.29, 0.717) is 16.1 Å². The zero-order valence-corrected chi connectivity index (χ0v) is 9.04. The average molecular weight is 256 g/mol. The third-order valence-corrected chi connectivity index (χ3v) is 3.34. The van der Waals surface area contributed by atoms with Crippen molar-refractivity contribution in [2.45, 2.75) is 12.5 Å². The Morgan fingerprint density at radius 1 is 1.57 bits per heavy atom. The average Bonchev–Trinajstić information content (AvgIpc) is 2.04. The minimum Gasteiger partial charge on any atom is -0.478 e. The lowest BCUT2D eigenvalue weighted by Crippen LogP contribution is -2.35. The molecule has 1 heterocycles. The van der Waals surface area contributed by atoms with Crippen LogP contribution in [-0.2, 0) is 0 Å². The van der Waals surface area contributed by atoms with Gasteiger partial charge in [-0.05, 0) is 40.5 Å². The van der Waals surface area contributed by atoms with Gasteiger partial charge in [0.25, 0.3) is 0 Å². The highest BCUT2D eigenvalue weighted by Crippen LogP contribution is 2.31. The zero-order chi connectivity index (χ0) is 10.1. The van der Waals surface area contributed by atoms with Crippen molar-refractivity contribution in [3.8, 4) is 0 Å². The Balaban J connectivity index is 2.40. The van der Waals surface area contributed by atoms with Crippen LogP contribution in [0.1, 0.15) is 28.4 Å². The first-order chi connectivity index (χ1) is 6.70. The fourth-order valence-corrected chi connectivity index (χ4v) is 2.25. The molecule has 0 aliphatic carbocycles. The lowest BCUT2D eigenvalue weighted by Gasteiger charge is -2.29. The number of nitrogens with one attached hydrogen (secondary N) is 1. The summed E-state index contributed by atoms with van der Waals surface area (Å²) in [6.45, 7) is 1.01. The largest absolute Gasteiger partial charge is 0.478 e. The highest BCUT2D eigenvalue weighted by molar-refractivity contribution is 9.10. The molecule has 1 aliphatic heterocycles. The van der Waals surface area contributed by atoms with Gasteiger partial charge in [-0.25, -0.2) is 4.79 Å². The molecule has 1 fully saturated rings. The van der Waals surface area contributed by atoms with Crippen molar-refractivity contribution in [2.75, 3.05) is 6.54 Å². The number of hydrogen-bond donors (Lipinski definition) is 2. The Morgan fingerprint density at radius 3 is 2.79 bits per heavy atom. The van der Waals surface area contributed by atoms with Gasteiger partial charge in [-0.1, -0.05) is 12.1 Å². The van der Waals surface area contributed by atoms with Crippen molar-refractivity contribution in [1.82, 2.24) is 5.32 Å². The maximum absolute atomic E-state index is 10.9. The normalized spacial score (nSPS) is 20.2. The van der Waals surface area contributed by atoms with Gasteiger partial charge in [0, 0.05) is 10.5 Å². The monoisotopic (exact) mass is 255 g/mol. The predicted octanol–water partition coefficient (Wildman–Crippen LogP) is 2.18. The smallest absolute Gasteiger partial charge is 0.336 e. The van der Waals surface area contributed by atoms with Crippen LogP contribution < -0.4 is 5.32 Å². The summed E-state index contributed by atoms with van der Waals surface area (Å²) in [6, 6.07) is 5.65. The van der Waals surface area contributed by atoms with E-state index >= 15 is 0 Å². The third-order valence-electron chi connectivity index (χ3n) is 2.46. The molecule has 0 aromatic heterocycles. The number of aromatic carboxylic acids is 1. The van der Waals surface area contributed by atoms with Crippen molar-refractivity contribution in [2.24, 2.45) is 0 Å². The van der Waals surface area contributed by atoms with Crippen molar-refractivity contribution < 1.29 is 9.90 Å².